The van der Waals surface area contributed by atoms with Crippen LogP contribution in [0, 0.1) is 0 Å². The van der Waals surface area contributed by atoms with Gasteiger partial charge in [-0.1, -0.05) is 29.8 Å². The van der Waals surface area contributed by atoms with Gasteiger partial charge < -0.3 is 9.47 Å². The lowest BCUT2D eigenvalue weighted by Gasteiger charge is -2.13. The zero-order valence-corrected chi connectivity index (χ0v) is 17.6. The third kappa shape index (κ3) is 3.94. The summed E-state index contributed by atoms with van der Waals surface area (Å²) in [6.07, 6.45) is 1.69. The van der Waals surface area contributed by atoms with Crippen molar-refractivity contribution in [2.45, 2.75) is 13.1 Å². The molecule has 154 valence electrons. The summed E-state index contributed by atoms with van der Waals surface area (Å²) in [7, 11) is 3.90. The fourth-order valence-corrected chi connectivity index (χ4v) is 3.58. The monoisotopic (exact) mass is 423 g/mol. The zero-order chi connectivity index (χ0) is 21.3. The van der Waals surface area contributed by atoms with E-state index in [0.29, 0.717) is 34.7 Å². The van der Waals surface area contributed by atoms with E-state index in [1.165, 1.54) is 6.07 Å². The normalized spacial score (nSPS) is 11.5. The van der Waals surface area contributed by atoms with Crippen molar-refractivity contribution in [2.75, 3.05) is 20.6 Å². The van der Waals surface area contributed by atoms with E-state index in [1.807, 2.05) is 49.3 Å². The molecule has 0 aliphatic rings. The van der Waals surface area contributed by atoms with Crippen molar-refractivity contribution in [1.29, 1.82) is 0 Å². The fraction of sp³-hybridized carbons (Fsp3) is 0.227. The van der Waals surface area contributed by atoms with E-state index in [4.69, 9.17) is 11.6 Å². The standard InChI is InChI=1S/C22H22ClN5O2/c1-26(2)11-12-28-22(30)20-18(25-28)13-19(29)27(14-17-5-3-4-10-24-17)21(20)15-6-8-16(23)9-7-15/h3-10,13,25H,11-12,14H2,1-2H3. The molecule has 0 fully saturated rings. The molecule has 0 amide bonds. The summed E-state index contributed by atoms with van der Waals surface area (Å²) in [6, 6.07) is 14.2. The first-order valence-electron chi connectivity index (χ1n) is 9.61. The van der Waals surface area contributed by atoms with E-state index in [0.717, 1.165) is 11.3 Å². The van der Waals surface area contributed by atoms with Crippen LogP contribution in [0.15, 0.2) is 64.3 Å². The van der Waals surface area contributed by atoms with Crippen molar-refractivity contribution in [3.63, 3.8) is 0 Å². The molecule has 0 atom stereocenters. The molecule has 0 saturated carbocycles. The Balaban J connectivity index is 1.97. The van der Waals surface area contributed by atoms with E-state index in [2.05, 4.69) is 10.1 Å². The lowest BCUT2D eigenvalue weighted by atomic mass is 10.1. The van der Waals surface area contributed by atoms with Crippen molar-refractivity contribution >= 4 is 22.5 Å². The lowest BCUT2D eigenvalue weighted by molar-refractivity contribution is 0.371. The van der Waals surface area contributed by atoms with Gasteiger partial charge in [-0.25, -0.2) is 0 Å². The molecule has 0 aliphatic carbocycles. The van der Waals surface area contributed by atoms with Crippen molar-refractivity contribution in [3.8, 4) is 11.3 Å². The topological polar surface area (TPSA) is 75.9 Å². The van der Waals surface area contributed by atoms with Gasteiger partial charge in [0.1, 0.15) is 0 Å². The number of H-pyrrole nitrogens is 1. The molecule has 7 nitrogen and oxygen atoms in total. The SMILES string of the molecule is CN(C)CCn1[nH]c2cc(=O)n(Cc3ccccn3)c(-c3ccc(Cl)cc3)c2c1=O. The number of rotatable bonds is 6. The molecular weight excluding hydrogens is 402 g/mol. The highest BCUT2D eigenvalue weighted by Gasteiger charge is 2.19. The van der Waals surface area contributed by atoms with Crippen molar-refractivity contribution in [3.05, 3.63) is 86.2 Å². The zero-order valence-electron chi connectivity index (χ0n) is 16.8. The number of hydrogen-bond donors (Lipinski definition) is 1. The van der Waals surface area contributed by atoms with E-state index >= 15 is 0 Å². The minimum absolute atomic E-state index is 0.161. The van der Waals surface area contributed by atoms with E-state index in [9.17, 15) is 9.59 Å². The molecular formula is C22H22ClN5O2. The highest BCUT2D eigenvalue weighted by atomic mass is 35.5. The first kappa shape index (κ1) is 20.1. The second-order valence-corrected chi connectivity index (χ2v) is 7.84. The van der Waals surface area contributed by atoms with Crippen LogP contribution < -0.4 is 11.1 Å². The Morgan fingerprint density at radius 3 is 2.53 bits per heavy atom. The molecule has 30 heavy (non-hydrogen) atoms. The molecule has 0 unspecified atom stereocenters. The van der Waals surface area contributed by atoms with Crippen LogP contribution in [0.2, 0.25) is 5.02 Å². The number of nitrogens with one attached hydrogen (secondary N) is 1. The number of aromatic nitrogens is 4. The Morgan fingerprint density at radius 2 is 1.87 bits per heavy atom. The van der Waals surface area contributed by atoms with Gasteiger partial charge in [0.2, 0.25) is 0 Å². The molecule has 1 aromatic carbocycles. The number of halogens is 1. The summed E-state index contributed by atoms with van der Waals surface area (Å²) in [5.41, 5.74) is 2.19. The molecule has 0 saturated heterocycles. The van der Waals surface area contributed by atoms with E-state index in [1.54, 1.807) is 27.6 Å². The maximum absolute atomic E-state index is 13.3. The molecule has 0 radical (unpaired) electrons. The van der Waals surface area contributed by atoms with Crippen LogP contribution in [0.5, 0.6) is 0 Å². The van der Waals surface area contributed by atoms with Crippen LogP contribution in [0.25, 0.3) is 22.2 Å². The Hall–Kier alpha value is -3.16. The predicted molar refractivity (Wildman–Crippen MR) is 119 cm³/mol. The third-order valence-corrected chi connectivity index (χ3v) is 5.21. The van der Waals surface area contributed by atoms with Crippen LogP contribution in [0.1, 0.15) is 5.69 Å². The fourth-order valence-electron chi connectivity index (χ4n) is 3.46. The number of fused-ring (bicyclic) bond motifs is 1. The molecule has 3 aromatic heterocycles. The summed E-state index contributed by atoms with van der Waals surface area (Å²) in [6.45, 7) is 1.45. The van der Waals surface area contributed by atoms with Gasteiger partial charge in [-0.2, -0.15) is 0 Å². The Kier molecular flexibility index (Phi) is 5.57. The number of hydrogen-bond acceptors (Lipinski definition) is 4. The van der Waals surface area contributed by atoms with Crippen LogP contribution >= 0.6 is 11.6 Å². The average Bonchev–Trinajstić information content (AvgIpc) is 3.03. The quantitative estimate of drug-likeness (QED) is 0.517. The third-order valence-electron chi connectivity index (χ3n) is 4.96. The lowest BCUT2D eigenvalue weighted by Crippen LogP contribution is -2.26. The van der Waals surface area contributed by atoms with Crippen LogP contribution in [0.4, 0.5) is 0 Å². The number of aromatic amines is 1. The first-order chi connectivity index (χ1) is 14.4. The summed E-state index contributed by atoms with van der Waals surface area (Å²) >= 11 is 6.07. The maximum Gasteiger partial charge on any atom is 0.276 e. The van der Waals surface area contributed by atoms with Gasteiger partial charge in [-0.05, 0) is 43.9 Å². The predicted octanol–water partition coefficient (Wildman–Crippen LogP) is 2.82. The second kappa shape index (κ2) is 8.30. The number of nitrogens with zero attached hydrogens (tertiary/aromatic N) is 4. The number of benzene rings is 1. The van der Waals surface area contributed by atoms with Gasteiger partial charge in [0.05, 0.1) is 35.4 Å². The van der Waals surface area contributed by atoms with Crippen LogP contribution in [-0.2, 0) is 13.1 Å². The first-order valence-corrected chi connectivity index (χ1v) is 9.99. The molecule has 1 N–H and O–H groups in total. The molecule has 8 heteroatoms. The number of pyridine rings is 2. The van der Waals surface area contributed by atoms with Gasteiger partial charge in [-0.3, -0.25) is 24.4 Å². The minimum Gasteiger partial charge on any atom is -0.308 e. The Morgan fingerprint density at radius 1 is 1.10 bits per heavy atom. The molecule has 0 bridgehead atoms. The second-order valence-electron chi connectivity index (χ2n) is 7.41. The van der Waals surface area contributed by atoms with Gasteiger partial charge in [0.15, 0.2) is 0 Å². The molecule has 0 spiro atoms. The summed E-state index contributed by atoms with van der Waals surface area (Å²) in [5, 5.41) is 4.16. The highest BCUT2D eigenvalue weighted by molar-refractivity contribution is 6.30. The van der Waals surface area contributed by atoms with Gasteiger partial charge in [0.25, 0.3) is 11.1 Å². The van der Waals surface area contributed by atoms with E-state index in [-0.39, 0.29) is 17.7 Å². The number of likely N-dealkylation sites (N-methyl/N-ethyl adjacent to an activating group) is 1. The average molecular weight is 424 g/mol. The van der Waals surface area contributed by atoms with Crippen LogP contribution in [0.3, 0.4) is 0 Å². The maximum atomic E-state index is 13.3. The van der Waals surface area contributed by atoms with Crippen molar-refractivity contribution in [1.82, 2.24) is 24.2 Å². The van der Waals surface area contributed by atoms with Crippen LogP contribution in [-0.4, -0.2) is 44.9 Å². The van der Waals surface area contributed by atoms with E-state index < -0.39 is 0 Å². The summed E-state index contributed by atoms with van der Waals surface area (Å²) in [4.78, 5) is 32.7. The highest BCUT2D eigenvalue weighted by Crippen LogP contribution is 2.26. The minimum atomic E-state index is -0.209. The Labute approximate surface area is 178 Å². The largest absolute Gasteiger partial charge is 0.308 e. The van der Waals surface area contributed by atoms with Crippen molar-refractivity contribution < 1.29 is 0 Å². The summed E-state index contributed by atoms with van der Waals surface area (Å²) in [5.74, 6) is 0. The molecule has 3 heterocycles. The Bertz CT molecular complexity index is 1290. The van der Waals surface area contributed by atoms with Gasteiger partial charge in [0, 0.05) is 23.8 Å². The van der Waals surface area contributed by atoms with Gasteiger partial charge in [-0.15, -0.1) is 0 Å². The smallest absolute Gasteiger partial charge is 0.276 e. The molecule has 4 rings (SSSR count). The van der Waals surface area contributed by atoms with Crippen molar-refractivity contribution in [2.24, 2.45) is 0 Å². The summed E-state index contributed by atoms with van der Waals surface area (Å²) < 4.78 is 3.15. The molecule has 4 aromatic rings. The molecule has 0 aliphatic heterocycles. The van der Waals surface area contributed by atoms with Gasteiger partial charge >= 0.3 is 0 Å².